The summed E-state index contributed by atoms with van der Waals surface area (Å²) in [4.78, 5) is 30.6. The molecule has 38 heavy (non-hydrogen) atoms. The van der Waals surface area contributed by atoms with Crippen molar-refractivity contribution in [3.05, 3.63) is 65.4 Å². The average Bonchev–Trinajstić information content (AvgIpc) is 3.30. The number of nitrogens with zero attached hydrogens (tertiary/aromatic N) is 1. The number of likely N-dealkylation sites (N-methyl/N-ethyl adjacent to an activating group) is 1. The molecule has 0 atom stereocenters. The van der Waals surface area contributed by atoms with E-state index in [0.29, 0.717) is 13.0 Å². The first-order valence-electron chi connectivity index (χ1n) is 13.7. The van der Waals surface area contributed by atoms with Gasteiger partial charge >= 0.3 is 0 Å². The standard InChI is InChI=1S/C31H42N4O3/c1-22-6-5-7-23(18-22)20-31(35(2)3)15-12-25(13-16-31)34-30(37)11-10-29(36)32-17-14-24-21-33-28-9-8-26(38-4)19-27(24)28/h5-9,18-19,21,25,33H,10-17,20H2,1-4H3,(H,32,36)(H,34,37). The van der Waals surface area contributed by atoms with E-state index in [1.165, 1.54) is 11.1 Å². The Morgan fingerprint density at radius 2 is 1.84 bits per heavy atom. The summed E-state index contributed by atoms with van der Waals surface area (Å²) in [5, 5.41) is 7.23. The zero-order chi connectivity index (χ0) is 27.1. The number of fused-ring (bicyclic) bond motifs is 1. The van der Waals surface area contributed by atoms with Crippen LogP contribution in [-0.2, 0) is 22.4 Å². The minimum Gasteiger partial charge on any atom is -0.497 e. The molecule has 7 nitrogen and oxygen atoms in total. The van der Waals surface area contributed by atoms with Crippen LogP contribution in [0.25, 0.3) is 10.9 Å². The molecule has 0 saturated heterocycles. The van der Waals surface area contributed by atoms with Crippen molar-refractivity contribution in [3.63, 3.8) is 0 Å². The molecule has 0 radical (unpaired) electrons. The topological polar surface area (TPSA) is 86.5 Å². The van der Waals surface area contributed by atoms with E-state index in [-0.39, 0.29) is 36.2 Å². The molecule has 1 heterocycles. The highest BCUT2D eigenvalue weighted by Crippen LogP contribution is 2.35. The van der Waals surface area contributed by atoms with Crippen molar-refractivity contribution in [1.29, 1.82) is 0 Å². The lowest BCUT2D eigenvalue weighted by molar-refractivity contribution is -0.127. The molecule has 7 heteroatoms. The zero-order valence-electron chi connectivity index (χ0n) is 23.2. The fraction of sp³-hybridized carbons (Fsp3) is 0.484. The SMILES string of the molecule is COc1ccc2[nH]cc(CCNC(=O)CCC(=O)NC3CCC(Cc4cccc(C)c4)(N(C)C)CC3)c2c1. The van der Waals surface area contributed by atoms with Gasteiger partial charge < -0.3 is 25.3 Å². The van der Waals surface area contributed by atoms with E-state index < -0.39 is 0 Å². The third-order valence-electron chi connectivity index (χ3n) is 8.12. The van der Waals surface area contributed by atoms with E-state index in [0.717, 1.165) is 54.3 Å². The molecule has 1 saturated carbocycles. The number of methoxy groups -OCH3 is 1. The van der Waals surface area contributed by atoms with Crippen LogP contribution in [0.2, 0.25) is 0 Å². The lowest BCUT2D eigenvalue weighted by Gasteiger charge is -2.45. The zero-order valence-corrected chi connectivity index (χ0v) is 23.2. The van der Waals surface area contributed by atoms with Crippen molar-refractivity contribution in [2.45, 2.75) is 69.9 Å². The van der Waals surface area contributed by atoms with Gasteiger partial charge in [0.25, 0.3) is 0 Å². The maximum atomic E-state index is 12.6. The minimum absolute atomic E-state index is 0.0371. The van der Waals surface area contributed by atoms with E-state index in [2.05, 4.69) is 65.8 Å². The molecule has 2 amide bonds. The predicted octanol–water partition coefficient (Wildman–Crippen LogP) is 4.53. The average molecular weight is 519 g/mol. The maximum Gasteiger partial charge on any atom is 0.220 e. The largest absolute Gasteiger partial charge is 0.497 e. The van der Waals surface area contributed by atoms with Crippen molar-refractivity contribution < 1.29 is 14.3 Å². The van der Waals surface area contributed by atoms with Gasteiger partial charge in [-0.15, -0.1) is 0 Å². The van der Waals surface area contributed by atoms with Crippen LogP contribution in [0.1, 0.15) is 55.2 Å². The maximum absolute atomic E-state index is 12.6. The van der Waals surface area contributed by atoms with E-state index in [1.807, 2.05) is 24.4 Å². The lowest BCUT2D eigenvalue weighted by atomic mass is 9.74. The number of carbonyl (C=O) groups excluding carboxylic acids is 2. The van der Waals surface area contributed by atoms with Crippen molar-refractivity contribution in [3.8, 4) is 5.75 Å². The number of aryl methyl sites for hydroxylation is 1. The molecule has 4 rings (SSSR count). The van der Waals surface area contributed by atoms with Gasteiger partial charge in [0.2, 0.25) is 11.8 Å². The first-order valence-corrected chi connectivity index (χ1v) is 13.7. The highest BCUT2D eigenvalue weighted by molar-refractivity contribution is 5.85. The Labute approximate surface area is 226 Å². The smallest absolute Gasteiger partial charge is 0.220 e. The second kappa shape index (κ2) is 12.5. The van der Waals surface area contributed by atoms with Gasteiger partial charge in [0.1, 0.15) is 5.75 Å². The van der Waals surface area contributed by atoms with Crippen LogP contribution in [0.15, 0.2) is 48.7 Å². The molecule has 0 aliphatic heterocycles. The van der Waals surface area contributed by atoms with E-state index >= 15 is 0 Å². The first-order chi connectivity index (χ1) is 18.3. The van der Waals surface area contributed by atoms with Crippen LogP contribution >= 0.6 is 0 Å². The fourth-order valence-corrected chi connectivity index (χ4v) is 5.73. The van der Waals surface area contributed by atoms with Gasteiger partial charge in [-0.05, 0) is 88.9 Å². The Morgan fingerprint density at radius 3 is 2.55 bits per heavy atom. The molecular formula is C31H42N4O3. The molecule has 204 valence electrons. The van der Waals surface area contributed by atoms with Gasteiger partial charge in [0, 0.05) is 48.1 Å². The molecule has 3 aromatic rings. The highest BCUT2D eigenvalue weighted by Gasteiger charge is 2.37. The third kappa shape index (κ3) is 6.95. The minimum atomic E-state index is -0.0917. The van der Waals surface area contributed by atoms with Crippen LogP contribution in [0.4, 0.5) is 0 Å². The number of hydrogen-bond acceptors (Lipinski definition) is 4. The second-order valence-corrected chi connectivity index (χ2v) is 11.0. The van der Waals surface area contributed by atoms with Gasteiger partial charge in [-0.25, -0.2) is 0 Å². The summed E-state index contributed by atoms with van der Waals surface area (Å²) in [6.45, 7) is 2.67. The Hall–Kier alpha value is -3.32. The van der Waals surface area contributed by atoms with Crippen molar-refractivity contribution in [2.24, 2.45) is 0 Å². The highest BCUT2D eigenvalue weighted by atomic mass is 16.5. The van der Waals surface area contributed by atoms with Crippen LogP contribution in [0, 0.1) is 6.92 Å². The molecular weight excluding hydrogens is 476 g/mol. The Balaban J connectivity index is 1.18. The normalized spacial score (nSPS) is 19.4. The lowest BCUT2D eigenvalue weighted by Crippen LogP contribution is -2.52. The molecule has 0 bridgehead atoms. The molecule has 1 fully saturated rings. The summed E-state index contributed by atoms with van der Waals surface area (Å²) >= 11 is 0. The second-order valence-electron chi connectivity index (χ2n) is 11.0. The number of nitrogens with one attached hydrogen (secondary N) is 3. The molecule has 0 unspecified atom stereocenters. The monoisotopic (exact) mass is 518 g/mol. The van der Waals surface area contributed by atoms with Crippen LogP contribution < -0.4 is 15.4 Å². The van der Waals surface area contributed by atoms with Gasteiger partial charge in [-0.1, -0.05) is 29.8 Å². The first kappa shape index (κ1) is 27.7. The number of carbonyl (C=O) groups is 2. The Kier molecular flexibility index (Phi) is 9.10. The molecule has 3 N–H and O–H groups in total. The van der Waals surface area contributed by atoms with Gasteiger partial charge in [0.15, 0.2) is 0 Å². The van der Waals surface area contributed by atoms with Crippen LogP contribution in [0.3, 0.4) is 0 Å². The Morgan fingerprint density at radius 1 is 1.08 bits per heavy atom. The Bertz CT molecular complexity index is 1240. The molecule has 1 aliphatic carbocycles. The van der Waals surface area contributed by atoms with Crippen molar-refractivity contribution in [2.75, 3.05) is 27.7 Å². The number of hydrogen-bond donors (Lipinski definition) is 3. The number of aromatic amines is 1. The molecule has 0 spiro atoms. The van der Waals surface area contributed by atoms with Gasteiger partial charge in [0.05, 0.1) is 7.11 Å². The molecule has 1 aliphatic rings. The van der Waals surface area contributed by atoms with Crippen molar-refractivity contribution in [1.82, 2.24) is 20.5 Å². The summed E-state index contributed by atoms with van der Waals surface area (Å²) in [7, 11) is 5.99. The fourth-order valence-electron chi connectivity index (χ4n) is 5.73. The van der Waals surface area contributed by atoms with Gasteiger partial charge in [-0.3, -0.25) is 9.59 Å². The van der Waals surface area contributed by atoms with E-state index in [1.54, 1.807) is 7.11 Å². The number of H-pyrrole nitrogens is 1. The number of amides is 2. The summed E-state index contributed by atoms with van der Waals surface area (Å²) in [5.41, 5.74) is 4.96. The predicted molar refractivity (Wildman–Crippen MR) is 152 cm³/mol. The third-order valence-corrected chi connectivity index (χ3v) is 8.12. The quantitative estimate of drug-likeness (QED) is 0.348. The van der Waals surface area contributed by atoms with E-state index in [9.17, 15) is 9.59 Å². The number of benzene rings is 2. The number of ether oxygens (including phenoxy) is 1. The number of aromatic nitrogens is 1. The molecule has 2 aromatic carbocycles. The summed E-state index contributed by atoms with van der Waals surface area (Å²) < 4.78 is 5.32. The van der Waals surface area contributed by atoms with E-state index in [4.69, 9.17) is 4.74 Å². The van der Waals surface area contributed by atoms with Gasteiger partial charge in [-0.2, -0.15) is 0 Å². The summed E-state index contributed by atoms with van der Waals surface area (Å²) in [5.74, 6) is 0.681. The van der Waals surface area contributed by atoms with Crippen molar-refractivity contribution >= 4 is 22.7 Å². The number of rotatable bonds is 11. The van der Waals surface area contributed by atoms with Crippen LogP contribution in [-0.4, -0.2) is 61.0 Å². The summed E-state index contributed by atoms with van der Waals surface area (Å²) in [6, 6.07) is 14.9. The molecule has 1 aromatic heterocycles. The van der Waals surface area contributed by atoms with Crippen LogP contribution in [0.5, 0.6) is 5.75 Å². The summed E-state index contributed by atoms with van der Waals surface area (Å²) in [6.07, 6.45) is 8.12.